The minimum absolute atomic E-state index is 0.0478. The third-order valence-corrected chi connectivity index (χ3v) is 2.66. The summed E-state index contributed by atoms with van der Waals surface area (Å²) in [7, 11) is 0. The fraction of sp³-hybridized carbons (Fsp3) is 0.333. The van der Waals surface area contributed by atoms with Crippen molar-refractivity contribution in [2.24, 2.45) is 0 Å². The van der Waals surface area contributed by atoms with Crippen molar-refractivity contribution < 1.29 is 20.1 Å². The summed E-state index contributed by atoms with van der Waals surface area (Å²) in [5.74, 6) is -1.20. The molecule has 7 heteroatoms. The Balaban J connectivity index is 3.07. The summed E-state index contributed by atoms with van der Waals surface area (Å²) in [6.07, 6.45) is -1.11. The summed E-state index contributed by atoms with van der Waals surface area (Å²) in [6.45, 7) is 0. The molecule has 0 spiro atoms. The number of aliphatic hydroxyl groups excluding tert-OH is 2. The first-order chi connectivity index (χ1) is 7.47. The van der Waals surface area contributed by atoms with Gasteiger partial charge in [0.05, 0.1) is 11.7 Å². The molecule has 16 heavy (non-hydrogen) atoms. The van der Waals surface area contributed by atoms with E-state index >= 15 is 0 Å². The fourth-order valence-electron chi connectivity index (χ4n) is 1.10. The maximum atomic E-state index is 10.8. The monoisotopic (exact) mass is 263 g/mol. The molecule has 0 saturated carbocycles. The van der Waals surface area contributed by atoms with Crippen molar-refractivity contribution >= 4 is 30.2 Å². The van der Waals surface area contributed by atoms with Crippen LogP contribution >= 0.6 is 24.2 Å². The summed E-state index contributed by atoms with van der Waals surface area (Å²) < 4.78 is 0. The van der Waals surface area contributed by atoms with Gasteiger partial charge in [-0.05, 0) is 6.07 Å². The highest BCUT2D eigenvalue weighted by molar-refractivity contribution is 7.80. The average molecular weight is 264 g/mol. The molecule has 0 amide bonds. The van der Waals surface area contributed by atoms with Crippen molar-refractivity contribution in [3.8, 4) is 0 Å². The Kier molecular flexibility index (Phi) is 4.55. The molecule has 1 heterocycles. The maximum Gasteiger partial charge on any atom is 0.338 e. The molecule has 0 aromatic carbocycles. The molecule has 0 bridgehead atoms. The maximum absolute atomic E-state index is 10.8. The SMILES string of the molecule is O=C(O)c1cc(C(O)C(O)CS)cnc1Cl. The highest BCUT2D eigenvalue weighted by Gasteiger charge is 2.20. The number of aromatic carboxylic acids is 1. The molecule has 0 radical (unpaired) electrons. The molecular formula is C9H10ClNO4S. The number of thiol groups is 1. The van der Waals surface area contributed by atoms with Crippen LogP contribution in [0, 0.1) is 0 Å². The van der Waals surface area contributed by atoms with Crippen LogP contribution in [0.15, 0.2) is 12.3 Å². The zero-order valence-electron chi connectivity index (χ0n) is 8.04. The van der Waals surface area contributed by atoms with Crippen molar-refractivity contribution in [3.63, 3.8) is 0 Å². The number of nitrogens with zero attached hydrogens (tertiary/aromatic N) is 1. The van der Waals surface area contributed by atoms with Gasteiger partial charge in [0.1, 0.15) is 11.3 Å². The van der Waals surface area contributed by atoms with Crippen LogP contribution in [0.5, 0.6) is 0 Å². The van der Waals surface area contributed by atoms with E-state index in [1.54, 1.807) is 0 Å². The number of rotatable bonds is 4. The molecule has 0 aliphatic heterocycles. The molecule has 1 rings (SSSR count). The molecule has 0 fully saturated rings. The third kappa shape index (κ3) is 2.85. The number of carboxylic acids is 1. The molecule has 3 N–H and O–H groups in total. The van der Waals surface area contributed by atoms with Crippen molar-refractivity contribution in [1.82, 2.24) is 4.98 Å². The van der Waals surface area contributed by atoms with E-state index in [-0.39, 0.29) is 22.0 Å². The summed E-state index contributed by atoms with van der Waals surface area (Å²) in [5, 5.41) is 27.6. The second kappa shape index (κ2) is 5.49. The number of halogens is 1. The smallest absolute Gasteiger partial charge is 0.338 e. The number of hydrogen-bond acceptors (Lipinski definition) is 5. The third-order valence-electron chi connectivity index (χ3n) is 1.98. The largest absolute Gasteiger partial charge is 0.478 e. The van der Waals surface area contributed by atoms with Crippen molar-refractivity contribution in [3.05, 3.63) is 28.5 Å². The van der Waals surface area contributed by atoms with Crippen LogP contribution in [-0.2, 0) is 0 Å². The second-order valence-corrected chi connectivity index (χ2v) is 3.83. The lowest BCUT2D eigenvalue weighted by molar-refractivity contribution is 0.0334. The Hall–Kier alpha value is -0.820. The van der Waals surface area contributed by atoms with Crippen LogP contribution in [-0.4, -0.2) is 38.1 Å². The number of pyridine rings is 1. The van der Waals surface area contributed by atoms with Gasteiger partial charge in [-0.15, -0.1) is 0 Å². The number of carboxylic acid groups (broad SMARTS) is 1. The van der Waals surface area contributed by atoms with E-state index in [0.717, 1.165) is 0 Å². The lowest BCUT2D eigenvalue weighted by Gasteiger charge is -2.16. The highest BCUT2D eigenvalue weighted by atomic mass is 35.5. The Morgan fingerprint density at radius 2 is 2.19 bits per heavy atom. The number of aliphatic hydroxyl groups is 2. The molecule has 1 aromatic rings. The van der Waals surface area contributed by atoms with Gasteiger partial charge in [0.15, 0.2) is 0 Å². The lowest BCUT2D eigenvalue weighted by Crippen LogP contribution is -2.20. The van der Waals surface area contributed by atoms with Crippen LogP contribution in [0.2, 0.25) is 5.15 Å². The molecule has 5 nitrogen and oxygen atoms in total. The standard InChI is InChI=1S/C9H10ClNO4S/c10-8-5(9(14)15)1-4(2-11-8)7(13)6(12)3-16/h1-2,6-7,12-13,16H,3H2,(H,14,15). The molecule has 0 aliphatic rings. The van der Waals surface area contributed by atoms with E-state index in [1.807, 2.05) is 0 Å². The Morgan fingerprint density at radius 1 is 1.56 bits per heavy atom. The Morgan fingerprint density at radius 3 is 2.69 bits per heavy atom. The van der Waals surface area contributed by atoms with E-state index in [2.05, 4.69) is 17.6 Å². The summed E-state index contributed by atoms with van der Waals surface area (Å²) >= 11 is 9.38. The van der Waals surface area contributed by atoms with Gasteiger partial charge in [0, 0.05) is 17.5 Å². The Bertz CT molecular complexity index is 401. The zero-order valence-corrected chi connectivity index (χ0v) is 9.69. The molecular weight excluding hydrogens is 254 g/mol. The van der Waals surface area contributed by atoms with E-state index in [0.29, 0.717) is 0 Å². The van der Waals surface area contributed by atoms with E-state index in [9.17, 15) is 15.0 Å². The van der Waals surface area contributed by atoms with Crippen LogP contribution in [0.3, 0.4) is 0 Å². The number of hydrogen-bond donors (Lipinski definition) is 4. The van der Waals surface area contributed by atoms with E-state index < -0.39 is 18.2 Å². The first-order valence-corrected chi connectivity index (χ1v) is 5.34. The van der Waals surface area contributed by atoms with Gasteiger partial charge in [-0.2, -0.15) is 12.6 Å². The number of aromatic nitrogens is 1. The van der Waals surface area contributed by atoms with Gasteiger partial charge in [-0.25, -0.2) is 9.78 Å². The van der Waals surface area contributed by atoms with Crippen LogP contribution < -0.4 is 0 Å². The molecule has 0 aliphatic carbocycles. The van der Waals surface area contributed by atoms with Crippen molar-refractivity contribution in [2.45, 2.75) is 12.2 Å². The summed E-state index contributed by atoms with van der Waals surface area (Å²) in [5.41, 5.74) is -0.0343. The van der Waals surface area contributed by atoms with Crippen LogP contribution in [0.4, 0.5) is 0 Å². The fourth-order valence-corrected chi connectivity index (χ4v) is 1.48. The van der Waals surface area contributed by atoms with Gasteiger partial charge in [-0.1, -0.05) is 11.6 Å². The van der Waals surface area contributed by atoms with Crippen molar-refractivity contribution in [2.75, 3.05) is 5.75 Å². The molecule has 0 saturated heterocycles. The van der Waals surface area contributed by atoms with E-state index in [1.165, 1.54) is 12.3 Å². The summed E-state index contributed by atoms with van der Waals surface area (Å²) in [4.78, 5) is 14.4. The normalized spacial score (nSPS) is 14.5. The molecule has 2 atom stereocenters. The molecule has 88 valence electrons. The minimum atomic E-state index is -1.24. The van der Waals surface area contributed by atoms with Gasteiger partial charge in [-0.3, -0.25) is 0 Å². The topological polar surface area (TPSA) is 90.7 Å². The molecule has 1 aromatic heterocycles. The highest BCUT2D eigenvalue weighted by Crippen LogP contribution is 2.21. The predicted molar refractivity (Wildman–Crippen MR) is 61.0 cm³/mol. The lowest BCUT2D eigenvalue weighted by atomic mass is 10.1. The first-order valence-electron chi connectivity index (χ1n) is 4.33. The molecule has 2 unspecified atom stereocenters. The van der Waals surface area contributed by atoms with Crippen LogP contribution in [0.1, 0.15) is 22.0 Å². The van der Waals surface area contributed by atoms with Gasteiger partial charge >= 0.3 is 5.97 Å². The summed E-state index contributed by atoms with van der Waals surface area (Å²) in [6, 6.07) is 1.18. The first kappa shape index (κ1) is 13.2. The van der Waals surface area contributed by atoms with Crippen molar-refractivity contribution in [1.29, 1.82) is 0 Å². The van der Waals surface area contributed by atoms with Crippen LogP contribution in [0.25, 0.3) is 0 Å². The predicted octanol–water partition coefficient (Wildman–Crippen LogP) is 0.757. The Labute approximate surface area is 102 Å². The number of carbonyl (C=O) groups is 1. The van der Waals surface area contributed by atoms with Gasteiger partial charge in [0.2, 0.25) is 0 Å². The quantitative estimate of drug-likeness (QED) is 0.476. The zero-order chi connectivity index (χ0) is 12.3. The minimum Gasteiger partial charge on any atom is -0.478 e. The second-order valence-electron chi connectivity index (χ2n) is 3.11. The average Bonchev–Trinajstić information content (AvgIpc) is 2.27. The van der Waals surface area contributed by atoms with E-state index in [4.69, 9.17) is 16.7 Å². The van der Waals surface area contributed by atoms with Gasteiger partial charge in [0.25, 0.3) is 0 Å². The van der Waals surface area contributed by atoms with Gasteiger partial charge < -0.3 is 15.3 Å².